The first kappa shape index (κ1) is 11.2. The number of hydrogen-bond donors (Lipinski definition) is 0. The molecule has 0 aliphatic rings. The molecule has 0 spiro atoms. The summed E-state index contributed by atoms with van der Waals surface area (Å²) in [5.41, 5.74) is 0.146. The maximum atomic E-state index is 11.3. The van der Waals surface area contributed by atoms with Crippen LogP contribution in [-0.4, -0.2) is 18.1 Å². The van der Waals surface area contributed by atoms with Crippen LogP contribution in [0.1, 0.15) is 10.5 Å². The van der Waals surface area contributed by atoms with Gasteiger partial charge >= 0.3 is 5.97 Å². The third-order valence-electron chi connectivity index (χ3n) is 2.17. The lowest BCUT2D eigenvalue weighted by Gasteiger charge is -2.04. The number of nitrogens with zero attached hydrogens (tertiary/aromatic N) is 1. The van der Waals surface area contributed by atoms with Crippen LogP contribution in [0.2, 0.25) is 10.2 Å². The van der Waals surface area contributed by atoms with E-state index in [0.29, 0.717) is 15.8 Å². The molecule has 0 radical (unpaired) electrons. The summed E-state index contributed by atoms with van der Waals surface area (Å²) in [6.45, 7) is 0. The number of esters is 1. The molecule has 0 aliphatic heterocycles. The number of ether oxygens (including phenoxy) is 1. The molecule has 5 heteroatoms. The van der Waals surface area contributed by atoms with Crippen molar-refractivity contribution in [2.45, 2.75) is 0 Å². The summed E-state index contributed by atoms with van der Waals surface area (Å²) in [5.74, 6) is -0.538. The molecule has 0 N–H and O–H groups in total. The molecule has 1 aromatic carbocycles. The Kier molecular flexibility index (Phi) is 2.99. The second-order valence-electron chi connectivity index (χ2n) is 3.12. The number of aromatic nitrogens is 1. The van der Waals surface area contributed by atoms with Gasteiger partial charge in [-0.2, -0.15) is 0 Å². The maximum Gasteiger partial charge on any atom is 0.356 e. The van der Waals surface area contributed by atoms with Gasteiger partial charge in [-0.05, 0) is 12.1 Å². The molecule has 0 aliphatic carbocycles. The zero-order chi connectivity index (χ0) is 11.7. The van der Waals surface area contributed by atoms with Crippen LogP contribution in [0, 0.1) is 0 Å². The number of carbonyl (C=O) groups is 1. The fraction of sp³-hybridized carbons (Fsp3) is 0.0909. The van der Waals surface area contributed by atoms with Gasteiger partial charge in [0.25, 0.3) is 0 Å². The normalized spacial score (nSPS) is 10.4. The molecule has 16 heavy (non-hydrogen) atoms. The molecule has 3 nitrogen and oxygen atoms in total. The van der Waals surface area contributed by atoms with Gasteiger partial charge in [-0.25, -0.2) is 9.78 Å². The van der Waals surface area contributed by atoms with Crippen molar-refractivity contribution in [1.29, 1.82) is 0 Å². The molecule has 0 atom stereocenters. The van der Waals surface area contributed by atoms with E-state index in [2.05, 4.69) is 9.72 Å². The van der Waals surface area contributed by atoms with E-state index in [1.807, 2.05) is 0 Å². The van der Waals surface area contributed by atoms with Gasteiger partial charge in [0.15, 0.2) is 5.69 Å². The minimum atomic E-state index is -0.538. The van der Waals surface area contributed by atoms with Crippen LogP contribution in [0.3, 0.4) is 0 Å². The Hall–Kier alpha value is -1.32. The van der Waals surface area contributed by atoms with Crippen molar-refractivity contribution < 1.29 is 9.53 Å². The second-order valence-corrected chi connectivity index (χ2v) is 3.89. The number of methoxy groups -OCH3 is 1. The first-order valence-corrected chi connectivity index (χ1v) is 5.22. The Bertz CT molecular complexity index is 569. The highest BCUT2D eigenvalue weighted by atomic mass is 35.5. The molecule has 2 aromatic rings. The summed E-state index contributed by atoms with van der Waals surface area (Å²) in [6.07, 6.45) is 0. The molecule has 0 fully saturated rings. The van der Waals surface area contributed by atoms with Gasteiger partial charge in [0.1, 0.15) is 5.15 Å². The van der Waals surface area contributed by atoms with E-state index in [1.54, 1.807) is 24.3 Å². The molecular weight excluding hydrogens is 249 g/mol. The largest absolute Gasteiger partial charge is 0.464 e. The van der Waals surface area contributed by atoms with E-state index in [1.165, 1.54) is 7.11 Å². The number of pyridine rings is 1. The van der Waals surface area contributed by atoms with Crippen LogP contribution in [0.25, 0.3) is 10.8 Å². The van der Waals surface area contributed by atoms with Gasteiger partial charge in [-0.15, -0.1) is 0 Å². The molecule has 82 valence electrons. The fourth-order valence-electron chi connectivity index (χ4n) is 1.41. The summed E-state index contributed by atoms with van der Waals surface area (Å²) in [5, 5.41) is 2.15. The quantitative estimate of drug-likeness (QED) is 0.580. The van der Waals surface area contributed by atoms with Crippen molar-refractivity contribution in [3.05, 3.63) is 40.1 Å². The Labute approximate surface area is 102 Å². The average Bonchev–Trinajstić information content (AvgIpc) is 2.29. The first-order chi connectivity index (χ1) is 7.63. The minimum Gasteiger partial charge on any atom is -0.464 e. The van der Waals surface area contributed by atoms with Gasteiger partial charge < -0.3 is 4.74 Å². The van der Waals surface area contributed by atoms with Crippen LogP contribution in [0.15, 0.2) is 24.3 Å². The summed E-state index contributed by atoms with van der Waals surface area (Å²) < 4.78 is 4.58. The lowest BCUT2D eigenvalue weighted by Crippen LogP contribution is -2.04. The predicted molar refractivity (Wildman–Crippen MR) is 63.1 cm³/mol. The number of carbonyl (C=O) groups excluding carboxylic acids is 1. The average molecular weight is 256 g/mol. The van der Waals surface area contributed by atoms with Crippen LogP contribution in [0.5, 0.6) is 0 Å². The van der Waals surface area contributed by atoms with E-state index < -0.39 is 5.97 Å². The zero-order valence-corrected chi connectivity index (χ0v) is 9.84. The first-order valence-electron chi connectivity index (χ1n) is 4.46. The maximum absolute atomic E-state index is 11.3. The zero-order valence-electron chi connectivity index (χ0n) is 8.33. The van der Waals surface area contributed by atoms with E-state index in [-0.39, 0.29) is 10.8 Å². The fourth-order valence-corrected chi connectivity index (χ4v) is 1.89. The smallest absolute Gasteiger partial charge is 0.356 e. The van der Waals surface area contributed by atoms with E-state index in [9.17, 15) is 4.79 Å². The topological polar surface area (TPSA) is 39.2 Å². The minimum absolute atomic E-state index is 0.146. The van der Waals surface area contributed by atoms with Crippen LogP contribution in [0.4, 0.5) is 0 Å². The number of hydrogen-bond acceptors (Lipinski definition) is 3. The highest BCUT2D eigenvalue weighted by Gasteiger charge is 2.12. The van der Waals surface area contributed by atoms with Crippen molar-refractivity contribution in [1.82, 2.24) is 4.98 Å². The summed E-state index contributed by atoms with van der Waals surface area (Å²) >= 11 is 12.0. The number of halogens is 2. The van der Waals surface area contributed by atoms with Gasteiger partial charge in [0.05, 0.1) is 7.11 Å². The lowest BCUT2D eigenvalue weighted by atomic mass is 10.1. The standard InChI is InChI=1S/C11H7Cl2NO2/c1-16-11(15)9-5-7-6(10(13)14-9)3-2-4-8(7)12/h2-5H,1H3. The van der Waals surface area contributed by atoms with E-state index >= 15 is 0 Å². The van der Waals surface area contributed by atoms with Crippen molar-refractivity contribution >= 4 is 39.9 Å². The lowest BCUT2D eigenvalue weighted by molar-refractivity contribution is 0.0594. The number of benzene rings is 1. The monoisotopic (exact) mass is 255 g/mol. The van der Waals surface area contributed by atoms with Gasteiger partial charge in [-0.3, -0.25) is 0 Å². The molecule has 0 bridgehead atoms. The summed E-state index contributed by atoms with van der Waals surface area (Å²) in [4.78, 5) is 15.3. The number of rotatable bonds is 1. The molecule has 0 saturated heterocycles. The third kappa shape index (κ3) is 1.84. The van der Waals surface area contributed by atoms with Crippen molar-refractivity contribution in [3.63, 3.8) is 0 Å². The van der Waals surface area contributed by atoms with Crippen LogP contribution < -0.4 is 0 Å². The van der Waals surface area contributed by atoms with Crippen molar-refractivity contribution in [3.8, 4) is 0 Å². The Balaban J connectivity index is 2.75. The molecule has 2 rings (SSSR count). The number of fused-ring (bicyclic) bond motifs is 1. The van der Waals surface area contributed by atoms with E-state index in [0.717, 1.165) is 0 Å². The highest BCUT2D eigenvalue weighted by molar-refractivity contribution is 6.39. The molecular formula is C11H7Cl2NO2. The van der Waals surface area contributed by atoms with E-state index in [4.69, 9.17) is 23.2 Å². The van der Waals surface area contributed by atoms with Crippen LogP contribution in [-0.2, 0) is 4.74 Å². The summed E-state index contributed by atoms with van der Waals surface area (Å²) in [6, 6.07) is 6.85. The molecule has 0 amide bonds. The molecule has 1 heterocycles. The molecule has 1 aromatic heterocycles. The Morgan fingerprint density at radius 3 is 2.75 bits per heavy atom. The third-order valence-corrected chi connectivity index (χ3v) is 2.79. The molecule has 0 saturated carbocycles. The predicted octanol–water partition coefficient (Wildman–Crippen LogP) is 3.33. The second kappa shape index (κ2) is 4.28. The van der Waals surface area contributed by atoms with Crippen LogP contribution >= 0.6 is 23.2 Å². The SMILES string of the molecule is COC(=O)c1cc2c(Cl)cccc2c(Cl)n1. The Morgan fingerprint density at radius 1 is 1.31 bits per heavy atom. The molecule has 0 unspecified atom stereocenters. The van der Waals surface area contributed by atoms with Gasteiger partial charge in [-0.1, -0.05) is 35.3 Å². The Morgan fingerprint density at radius 2 is 2.06 bits per heavy atom. The summed E-state index contributed by atoms with van der Waals surface area (Å²) in [7, 11) is 1.29. The van der Waals surface area contributed by atoms with Crippen molar-refractivity contribution in [2.75, 3.05) is 7.11 Å². The van der Waals surface area contributed by atoms with Gasteiger partial charge in [0, 0.05) is 15.8 Å². The highest BCUT2D eigenvalue weighted by Crippen LogP contribution is 2.28. The van der Waals surface area contributed by atoms with Gasteiger partial charge in [0.2, 0.25) is 0 Å². The van der Waals surface area contributed by atoms with Crippen molar-refractivity contribution in [2.24, 2.45) is 0 Å².